The van der Waals surface area contributed by atoms with E-state index in [1.54, 1.807) is 0 Å². The lowest BCUT2D eigenvalue weighted by molar-refractivity contribution is 0.701. The van der Waals surface area contributed by atoms with Crippen molar-refractivity contribution in [3.63, 3.8) is 0 Å². The minimum atomic E-state index is 0.243. The van der Waals surface area contributed by atoms with Crippen molar-refractivity contribution < 1.29 is 0 Å². The van der Waals surface area contributed by atoms with E-state index in [0.717, 1.165) is 11.5 Å². The monoisotopic (exact) mass is 190 g/mol. The summed E-state index contributed by atoms with van der Waals surface area (Å²) in [6.45, 7) is 4.69. The molecule has 0 aliphatic rings. The molecule has 0 aliphatic carbocycles. The summed E-state index contributed by atoms with van der Waals surface area (Å²) >= 11 is 0. The molecule has 2 aromatic rings. The first-order valence-corrected chi connectivity index (χ1v) is 4.73. The quantitative estimate of drug-likeness (QED) is 0.771. The van der Waals surface area contributed by atoms with Crippen LogP contribution in [0, 0.1) is 6.92 Å². The fraction of sp³-hybridized carbons (Fsp3) is 0.400. The normalized spacial score (nSPS) is 13.4. The first-order chi connectivity index (χ1) is 6.72. The van der Waals surface area contributed by atoms with E-state index in [1.807, 2.05) is 29.7 Å². The molecule has 0 radical (unpaired) electrons. The van der Waals surface area contributed by atoms with Crippen LogP contribution in [0.5, 0.6) is 0 Å². The van der Waals surface area contributed by atoms with Gasteiger partial charge in [-0.1, -0.05) is 6.92 Å². The minimum Gasteiger partial charge on any atom is -0.330 e. The molecule has 0 bridgehead atoms. The molecule has 0 fully saturated rings. The highest BCUT2D eigenvalue weighted by molar-refractivity contribution is 5.41. The molecule has 0 spiro atoms. The Morgan fingerprint density at radius 2 is 2.29 bits per heavy atom. The second-order valence-corrected chi connectivity index (χ2v) is 3.63. The molecule has 74 valence electrons. The van der Waals surface area contributed by atoms with Crippen LogP contribution in [0.1, 0.15) is 24.2 Å². The summed E-state index contributed by atoms with van der Waals surface area (Å²) in [6, 6.07) is 4.06. The maximum absolute atomic E-state index is 5.60. The van der Waals surface area contributed by atoms with Crippen LogP contribution in [0.3, 0.4) is 0 Å². The Morgan fingerprint density at radius 1 is 1.50 bits per heavy atom. The molecule has 2 N–H and O–H groups in total. The Labute approximate surface area is 82.8 Å². The number of nitrogens with two attached hydrogens (primary N) is 1. The van der Waals surface area contributed by atoms with Gasteiger partial charge in [-0.05, 0) is 24.6 Å². The molecule has 4 nitrogen and oxygen atoms in total. The molecule has 2 rings (SSSR count). The Hall–Kier alpha value is -1.42. The van der Waals surface area contributed by atoms with Crippen LogP contribution in [0.25, 0.3) is 5.65 Å². The van der Waals surface area contributed by atoms with Gasteiger partial charge in [-0.15, -0.1) is 10.2 Å². The lowest BCUT2D eigenvalue weighted by Gasteiger charge is -2.05. The third-order valence-corrected chi connectivity index (χ3v) is 2.39. The van der Waals surface area contributed by atoms with Crippen LogP contribution in [0.4, 0.5) is 0 Å². The van der Waals surface area contributed by atoms with Crippen molar-refractivity contribution in [2.75, 3.05) is 6.54 Å². The molecule has 2 aromatic heterocycles. The lowest BCUT2D eigenvalue weighted by Crippen LogP contribution is -2.12. The van der Waals surface area contributed by atoms with Crippen LogP contribution in [0.15, 0.2) is 18.3 Å². The minimum absolute atomic E-state index is 0.243. The van der Waals surface area contributed by atoms with Crippen molar-refractivity contribution in [3.05, 3.63) is 29.7 Å². The van der Waals surface area contributed by atoms with E-state index in [0.29, 0.717) is 6.54 Å². The van der Waals surface area contributed by atoms with Gasteiger partial charge in [0.25, 0.3) is 0 Å². The van der Waals surface area contributed by atoms with E-state index in [-0.39, 0.29) is 5.92 Å². The number of fused-ring (bicyclic) bond motifs is 1. The third kappa shape index (κ3) is 1.37. The van der Waals surface area contributed by atoms with E-state index in [9.17, 15) is 0 Å². The largest absolute Gasteiger partial charge is 0.330 e. The lowest BCUT2D eigenvalue weighted by atomic mass is 10.2. The van der Waals surface area contributed by atoms with Crippen LogP contribution >= 0.6 is 0 Å². The Balaban J connectivity index is 2.58. The molecule has 0 amide bonds. The summed E-state index contributed by atoms with van der Waals surface area (Å²) in [4.78, 5) is 0. The predicted molar refractivity (Wildman–Crippen MR) is 55.2 cm³/mol. The van der Waals surface area contributed by atoms with Crippen LogP contribution in [-0.4, -0.2) is 21.1 Å². The Kier molecular flexibility index (Phi) is 2.21. The van der Waals surface area contributed by atoms with Crippen LogP contribution in [0.2, 0.25) is 0 Å². The Morgan fingerprint density at radius 3 is 3.00 bits per heavy atom. The third-order valence-electron chi connectivity index (χ3n) is 2.39. The summed E-state index contributed by atoms with van der Waals surface area (Å²) in [6.07, 6.45) is 1.99. The number of hydrogen-bond donors (Lipinski definition) is 1. The fourth-order valence-corrected chi connectivity index (χ4v) is 1.45. The maximum atomic E-state index is 5.60. The molecule has 1 unspecified atom stereocenters. The SMILES string of the molecule is Cc1ccn2c(C(C)CN)nnc2c1. The average molecular weight is 190 g/mol. The van der Waals surface area contributed by atoms with Crippen molar-refractivity contribution in [2.45, 2.75) is 19.8 Å². The standard InChI is InChI=1S/C10H14N4/c1-7-3-4-14-9(5-7)12-13-10(14)8(2)6-11/h3-5,8H,6,11H2,1-2H3. The second-order valence-electron chi connectivity index (χ2n) is 3.63. The van der Waals surface area contributed by atoms with Gasteiger partial charge >= 0.3 is 0 Å². The highest BCUT2D eigenvalue weighted by Crippen LogP contribution is 2.13. The first kappa shape index (κ1) is 9.15. The van der Waals surface area contributed by atoms with Crippen molar-refractivity contribution >= 4 is 5.65 Å². The molecule has 0 aromatic carbocycles. The first-order valence-electron chi connectivity index (χ1n) is 4.73. The number of aryl methyl sites for hydroxylation is 1. The van der Waals surface area contributed by atoms with Gasteiger partial charge < -0.3 is 5.73 Å². The molecule has 0 saturated heterocycles. The number of nitrogens with zero attached hydrogens (tertiary/aromatic N) is 3. The van der Waals surface area contributed by atoms with E-state index in [4.69, 9.17) is 5.73 Å². The number of rotatable bonds is 2. The summed E-state index contributed by atoms with van der Waals surface area (Å²) in [7, 11) is 0. The van der Waals surface area contributed by atoms with Gasteiger partial charge in [-0.25, -0.2) is 0 Å². The van der Waals surface area contributed by atoms with Crippen molar-refractivity contribution in [1.29, 1.82) is 0 Å². The average Bonchev–Trinajstić information content (AvgIpc) is 2.59. The van der Waals surface area contributed by atoms with Gasteiger partial charge in [0.1, 0.15) is 5.82 Å². The second kappa shape index (κ2) is 3.38. The topological polar surface area (TPSA) is 56.2 Å². The molecule has 4 heteroatoms. The van der Waals surface area contributed by atoms with Crippen molar-refractivity contribution in [3.8, 4) is 0 Å². The zero-order chi connectivity index (χ0) is 10.1. The van der Waals surface area contributed by atoms with E-state index < -0.39 is 0 Å². The van der Waals surface area contributed by atoms with Crippen LogP contribution in [-0.2, 0) is 0 Å². The molecule has 1 atom stereocenters. The number of aromatic nitrogens is 3. The number of hydrogen-bond acceptors (Lipinski definition) is 3. The highest BCUT2D eigenvalue weighted by Gasteiger charge is 2.11. The van der Waals surface area contributed by atoms with Crippen molar-refractivity contribution in [2.24, 2.45) is 5.73 Å². The van der Waals surface area contributed by atoms with Gasteiger partial charge in [0, 0.05) is 18.7 Å². The van der Waals surface area contributed by atoms with Gasteiger partial charge in [0.2, 0.25) is 0 Å². The van der Waals surface area contributed by atoms with Gasteiger partial charge in [-0.3, -0.25) is 4.40 Å². The Bertz CT molecular complexity index is 446. The van der Waals surface area contributed by atoms with Gasteiger partial charge in [-0.2, -0.15) is 0 Å². The summed E-state index contributed by atoms with van der Waals surface area (Å²) in [5.41, 5.74) is 7.68. The smallest absolute Gasteiger partial charge is 0.161 e. The highest BCUT2D eigenvalue weighted by atomic mass is 15.2. The molecule has 14 heavy (non-hydrogen) atoms. The van der Waals surface area contributed by atoms with E-state index in [2.05, 4.69) is 17.1 Å². The summed E-state index contributed by atoms with van der Waals surface area (Å²) < 4.78 is 1.99. The van der Waals surface area contributed by atoms with Gasteiger partial charge in [0.15, 0.2) is 5.65 Å². The predicted octanol–water partition coefficient (Wildman–Crippen LogP) is 1.10. The van der Waals surface area contributed by atoms with E-state index >= 15 is 0 Å². The fourth-order valence-electron chi connectivity index (χ4n) is 1.45. The molecule has 0 aliphatic heterocycles. The van der Waals surface area contributed by atoms with E-state index in [1.165, 1.54) is 5.56 Å². The molecule has 2 heterocycles. The maximum Gasteiger partial charge on any atom is 0.161 e. The number of pyridine rings is 1. The molecular weight excluding hydrogens is 176 g/mol. The van der Waals surface area contributed by atoms with Crippen LogP contribution < -0.4 is 5.73 Å². The summed E-state index contributed by atoms with van der Waals surface area (Å²) in [5.74, 6) is 1.18. The van der Waals surface area contributed by atoms with Crippen molar-refractivity contribution in [1.82, 2.24) is 14.6 Å². The molecule has 0 saturated carbocycles. The summed E-state index contributed by atoms with van der Waals surface area (Å²) in [5, 5.41) is 8.25. The zero-order valence-corrected chi connectivity index (χ0v) is 8.44. The zero-order valence-electron chi connectivity index (χ0n) is 8.44. The van der Waals surface area contributed by atoms with Gasteiger partial charge in [0.05, 0.1) is 0 Å². The molecular formula is C10H14N4.